The molecule has 2 rings (SSSR count). The number of rotatable bonds is 7. The van der Waals surface area contributed by atoms with Gasteiger partial charge in [0, 0.05) is 12.7 Å². The predicted octanol–water partition coefficient (Wildman–Crippen LogP) is 5.10. The Balaban J connectivity index is 0.00000265. The van der Waals surface area contributed by atoms with Crippen LogP contribution in [0.25, 0.3) is 0 Å². The Bertz CT molecular complexity index is 916. The van der Waals surface area contributed by atoms with Gasteiger partial charge < -0.3 is 9.30 Å². The quantitative estimate of drug-likeness (QED) is 0.100. The Hall–Kier alpha value is -2.69. The summed E-state index contributed by atoms with van der Waals surface area (Å²) >= 11 is 0. The van der Waals surface area contributed by atoms with Gasteiger partial charge >= 0.3 is 18.3 Å². The van der Waals surface area contributed by atoms with E-state index in [1.165, 1.54) is 44.4 Å². The van der Waals surface area contributed by atoms with E-state index < -0.39 is 53.0 Å². The molecule has 0 amide bonds. The van der Waals surface area contributed by atoms with Crippen LogP contribution in [0.4, 0.5) is 26.3 Å². The van der Waals surface area contributed by atoms with Crippen molar-refractivity contribution in [3.63, 3.8) is 0 Å². The number of hydrogen-bond acceptors (Lipinski definition) is 6. The highest BCUT2D eigenvalue weighted by atomic mass is 31.0. The number of ketones is 1. The van der Waals surface area contributed by atoms with Crippen molar-refractivity contribution in [3.8, 4) is 0 Å². The minimum absolute atomic E-state index is 0.184. The predicted molar refractivity (Wildman–Crippen MR) is 105 cm³/mol. The van der Waals surface area contributed by atoms with Gasteiger partial charge in [0.1, 0.15) is 5.92 Å². The number of hydrogen-bond donors (Lipinski definition) is 0. The fourth-order valence-corrected chi connectivity index (χ4v) is 2.68. The summed E-state index contributed by atoms with van der Waals surface area (Å²) in [5.74, 6) is -5.41. The number of carbonyl (C=O) groups is 2. The third-order valence-electron chi connectivity index (χ3n) is 4.15. The van der Waals surface area contributed by atoms with Crippen molar-refractivity contribution in [2.24, 2.45) is 0 Å². The van der Waals surface area contributed by atoms with E-state index in [2.05, 4.69) is 14.5 Å². The van der Waals surface area contributed by atoms with Crippen molar-refractivity contribution in [1.82, 2.24) is 0 Å². The maximum atomic E-state index is 13.5. The third-order valence-corrected chi connectivity index (χ3v) is 4.15. The number of alkyl halides is 6. The molecule has 2 aromatic carbocycles. The third kappa shape index (κ3) is 7.41. The van der Waals surface area contributed by atoms with E-state index in [-0.39, 0.29) is 5.56 Å². The Morgan fingerprint density at radius 2 is 1.33 bits per heavy atom. The maximum Gasteiger partial charge on any atom is 0.417 e. The average Bonchev–Trinajstić information content (AvgIpc) is 2.77. The molecule has 0 saturated carbocycles. The second-order valence-electron chi connectivity index (χ2n) is 6.23. The van der Waals surface area contributed by atoms with Crippen LogP contribution in [0.3, 0.4) is 0 Å². The Morgan fingerprint density at radius 1 is 0.848 bits per heavy atom. The molecule has 33 heavy (non-hydrogen) atoms. The highest BCUT2D eigenvalue weighted by molar-refractivity contribution is 7.00. The molecule has 0 radical (unpaired) electrons. The molecule has 0 aromatic heterocycles. The van der Waals surface area contributed by atoms with Gasteiger partial charge in [0.05, 0.1) is 20.2 Å². The highest BCUT2D eigenvalue weighted by Gasteiger charge is 2.45. The van der Waals surface area contributed by atoms with Crippen molar-refractivity contribution in [1.29, 1.82) is 0 Å². The lowest BCUT2D eigenvalue weighted by Crippen LogP contribution is -2.30. The first-order chi connectivity index (χ1) is 15.4. The first-order valence-corrected chi connectivity index (χ1v) is 9.51. The largest absolute Gasteiger partial charge is 0.417 e. The van der Waals surface area contributed by atoms with Gasteiger partial charge in [-0.25, -0.2) is 4.79 Å². The van der Waals surface area contributed by atoms with E-state index >= 15 is 0 Å². The molecule has 0 aliphatic carbocycles. The van der Waals surface area contributed by atoms with Crippen molar-refractivity contribution in [3.05, 3.63) is 70.8 Å². The zero-order chi connectivity index (χ0) is 25.4. The van der Waals surface area contributed by atoms with E-state index in [4.69, 9.17) is 4.57 Å². The summed E-state index contributed by atoms with van der Waals surface area (Å²) < 4.78 is 93.8. The molecule has 0 aliphatic rings. The fourth-order valence-electron chi connectivity index (χ4n) is 2.68. The monoisotopic (exact) mass is 500 g/mol. The SMILES string of the molecule is COC(C)OOC(=O)C(C(=O)c1c(C(F)(F)F)cccc1C(F)(F)F)c1ccccc1.O=[PH3]. The molecule has 0 bridgehead atoms. The van der Waals surface area contributed by atoms with E-state index in [0.29, 0.717) is 27.3 Å². The van der Waals surface area contributed by atoms with Crippen LogP contribution in [0.15, 0.2) is 48.5 Å². The summed E-state index contributed by atoms with van der Waals surface area (Å²) in [4.78, 5) is 34.6. The molecule has 3 atom stereocenters. The maximum absolute atomic E-state index is 13.5. The summed E-state index contributed by atoms with van der Waals surface area (Å²) in [6, 6.07) is 7.74. The smallest absolute Gasteiger partial charge is 0.352 e. The summed E-state index contributed by atoms with van der Waals surface area (Å²) in [6.07, 6.45) is -11.7. The molecule has 0 saturated heterocycles. The second kappa shape index (κ2) is 12.0. The first-order valence-electron chi connectivity index (χ1n) is 8.93. The Kier molecular flexibility index (Phi) is 10.3. The summed E-state index contributed by atoms with van der Waals surface area (Å²) in [5, 5.41) is 0. The molecule has 0 N–H and O–H groups in total. The lowest BCUT2D eigenvalue weighted by atomic mass is 9.86. The molecular formula is C20H19F6O6P. The molecule has 6 nitrogen and oxygen atoms in total. The fraction of sp³-hybridized carbons (Fsp3) is 0.300. The molecular weight excluding hydrogens is 481 g/mol. The van der Waals surface area contributed by atoms with E-state index in [9.17, 15) is 35.9 Å². The first kappa shape index (κ1) is 28.3. The number of halogens is 6. The van der Waals surface area contributed by atoms with Gasteiger partial charge in [0.2, 0.25) is 0 Å². The lowest BCUT2D eigenvalue weighted by Gasteiger charge is -2.21. The number of benzene rings is 2. The topological polar surface area (TPSA) is 78.9 Å². The molecule has 182 valence electrons. The van der Waals surface area contributed by atoms with Crippen LogP contribution in [0.5, 0.6) is 0 Å². The van der Waals surface area contributed by atoms with Crippen LogP contribution in [-0.4, -0.2) is 25.2 Å². The zero-order valence-electron chi connectivity index (χ0n) is 17.2. The average molecular weight is 500 g/mol. The van der Waals surface area contributed by atoms with Crippen LogP contribution in [0.2, 0.25) is 0 Å². The van der Waals surface area contributed by atoms with Crippen molar-refractivity contribution in [2.45, 2.75) is 31.5 Å². The minimum Gasteiger partial charge on any atom is -0.352 e. The van der Waals surface area contributed by atoms with Gasteiger partial charge in [-0.1, -0.05) is 36.4 Å². The van der Waals surface area contributed by atoms with Crippen molar-refractivity contribution >= 4 is 20.9 Å². The second-order valence-corrected chi connectivity index (χ2v) is 6.23. The van der Waals surface area contributed by atoms with Gasteiger partial charge in [-0.15, -0.1) is 0 Å². The molecule has 13 heteroatoms. The van der Waals surface area contributed by atoms with Crippen molar-refractivity contribution < 1.29 is 55.0 Å². The Morgan fingerprint density at radius 3 is 1.76 bits per heavy atom. The highest BCUT2D eigenvalue weighted by Crippen LogP contribution is 2.41. The van der Waals surface area contributed by atoms with E-state index in [1.807, 2.05) is 0 Å². The van der Waals surface area contributed by atoms with E-state index in [0.717, 1.165) is 0 Å². The molecule has 2 aromatic rings. The molecule has 0 aliphatic heterocycles. The van der Waals surface area contributed by atoms with Gasteiger partial charge in [0.15, 0.2) is 12.1 Å². The minimum atomic E-state index is -5.29. The number of carbonyl (C=O) groups excluding carboxylic acids is 2. The normalized spacial score (nSPS) is 13.5. The van der Waals surface area contributed by atoms with Crippen LogP contribution >= 0.6 is 9.12 Å². The van der Waals surface area contributed by atoms with Crippen LogP contribution < -0.4 is 0 Å². The number of methoxy groups -OCH3 is 1. The van der Waals surface area contributed by atoms with E-state index in [1.54, 1.807) is 0 Å². The summed E-state index contributed by atoms with van der Waals surface area (Å²) in [6.45, 7) is 1.30. The van der Waals surface area contributed by atoms with Gasteiger partial charge in [-0.05, 0) is 24.6 Å². The summed E-state index contributed by atoms with van der Waals surface area (Å²) in [5.41, 5.74) is -5.52. The molecule has 0 heterocycles. The zero-order valence-corrected chi connectivity index (χ0v) is 18.6. The number of ether oxygens (including phenoxy) is 1. The molecule has 0 fully saturated rings. The standard InChI is InChI=1S/C20H16F6O5.H3OP/c1-11(29-2)30-31-18(28)15(12-7-4-3-5-8-12)17(27)16-13(19(21,22)23)9-6-10-14(16)20(24,25)26;1-2/h3-11,15H,1-2H3;2H3. The molecule has 3 unspecified atom stereocenters. The van der Waals surface area contributed by atoms with Gasteiger partial charge in [0.25, 0.3) is 0 Å². The van der Waals surface area contributed by atoms with Crippen LogP contribution in [-0.2, 0) is 36.2 Å². The van der Waals surface area contributed by atoms with Crippen LogP contribution in [0.1, 0.15) is 39.9 Å². The Labute approximate surface area is 186 Å². The van der Waals surface area contributed by atoms with Crippen LogP contribution in [0, 0.1) is 0 Å². The van der Waals surface area contributed by atoms with Crippen molar-refractivity contribution in [2.75, 3.05) is 7.11 Å². The lowest BCUT2D eigenvalue weighted by molar-refractivity contribution is -0.342. The molecule has 0 spiro atoms. The summed E-state index contributed by atoms with van der Waals surface area (Å²) in [7, 11) is 1.80. The van der Waals surface area contributed by atoms with Gasteiger partial charge in [-0.3, -0.25) is 9.68 Å². The number of Topliss-reactive ketones (excluding diaryl/α,β-unsaturated/α-hetero) is 1. The van der Waals surface area contributed by atoms with Gasteiger partial charge in [-0.2, -0.15) is 31.2 Å².